The molecule has 1 saturated heterocycles. The number of amides is 3. The molecule has 1 aromatic rings. The zero-order chi connectivity index (χ0) is 20.1. The Balaban J connectivity index is 1.32. The summed E-state index contributed by atoms with van der Waals surface area (Å²) in [6.45, 7) is 1.86. The molecule has 0 bridgehead atoms. The van der Waals surface area contributed by atoms with Crippen LogP contribution in [-0.4, -0.2) is 67.5 Å². The van der Waals surface area contributed by atoms with Gasteiger partial charge in [0.2, 0.25) is 6.43 Å². The lowest BCUT2D eigenvalue weighted by Gasteiger charge is -2.37. The molecule has 2 aliphatic rings. The topological polar surface area (TPSA) is 61.9 Å². The van der Waals surface area contributed by atoms with Gasteiger partial charge in [0, 0.05) is 38.6 Å². The first-order chi connectivity index (χ1) is 13.4. The molecular formula is C19H24F3N3O3. The molecule has 3 rings (SSSR count). The van der Waals surface area contributed by atoms with Crippen LogP contribution in [-0.2, 0) is 4.79 Å². The quantitative estimate of drug-likeness (QED) is 0.799. The number of piperazine rings is 1. The van der Waals surface area contributed by atoms with E-state index in [1.54, 1.807) is 9.80 Å². The van der Waals surface area contributed by atoms with Gasteiger partial charge in [-0.1, -0.05) is 0 Å². The lowest BCUT2D eigenvalue weighted by Crippen LogP contribution is -2.54. The van der Waals surface area contributed by atoms with Gasteiger partial charge in [0.15, 0.2) is 6.61 Å². The first-order valence-corrected chi connectivity index (χ1v) is 9.39. The summed E-state index contributed by atoms with van der Waals surface area (Å²) in [7, 11) is 0. The van der Waals surface area contributed by atoms with Crippen LogP contribution in [0.5, 0.6) is 5.75 Å². The van der Waals surface area contributed by atoms with Crippen molar-refractivity contribution in [3.63, 3.8) is 0 Å². The molecule has 28 heavy (non-hydrogen) atoms. The third kappa shape index (κ3) is 5.30. The molecule has 1 heterocycles. The molecule has 9 heteroatoms. The second-order valence-corrected chi connectivity index (χ2v) is 7.23. The molecule has 1 aliphatic carbocycles. The van der Waals surface area contributed by atoms with E-state index < -0.39 is 12.3 Å². The Labute approximate surface area is 161 Å². The van der Waals surface area contributed by atoms with Gasteiger partial charge in [0.25, 0.3) is 5.91 Å². The van der Waals surface area contributed by atoms with Crippen LogP contribution in [0.3, 0.4) is 0 Å². The van der Waals surface area contributed by atoms with Crippen molar-refractivity contribution >= 4 is 11.9 Å². The Bertz CT molecular complexity index is 673. The summed E-state index contributed by atoms with van der Waals surface area (Å²) in [5.41, 5.74) is 0. The van der Waals surface area contributed by atoms with Crippen molar-refractivity contribution in [3.05, 3.63) is 30.1 Å². The molecule has 0 atom stereocenters. The van der Waals surface area contributed by atoms with E-state index in [1.807, 2.05) is 0 Å². The number of urea groups is 1. The minimum atomic E-state index is -2.27. The number of hydrogen-bond donors (Lipinski definition) is 1. The Morgan fingerprint density at radius 1 is 1.07 bits per heavy atom. The number of halogens is 3. The highest BCUT2D eigenvalue weighted by atomic mass is 19.3. The number of carbonyl (C=O) groups excluding carboxylic acids is 2. The highest BCUT2D eigenvalue weighted by Crippen LogP contribution is 2.37. The van der Waals surface area contributed by atoms with Gasteiger partial charge >= 0.3 is 6.03 Å². The average molecular weight is 399 g/mol. The minimum Gasteiger partial charge on any atom is -0.484 e. The Kier molecular flexibility index (Phi) is 6.64. The molecule has 3 amide bonds. The van der Waals surface area contributed by atoms with E-state index >= 15 is 0 Å². The Morgan fingerprint density at radius 2 is 1.68 bits per heavy atom. The van der Waals surface area contributed by atoms with Crippen LogP contribution in [0.15, 0.2) is 24.3 Å². The number of benzene rings is 1. The molecule has 154 valence electrons. The highest BCUT2D eigenvalue weighted by Gasteiger charge is 2.35. The van der Waals surface area contributed by atoms with Crippen molar-refractivity contribution in [2.75, 3.05) is 39.3 Å². The van der Waals surface area contributed by atoms with Crippen molar-refractivity contribution in [2.24, 2.45) is 11.8 Å². The summed E-state index contributed by atoms with van der Waals surface area (Å²) < 4.78 is 43.1. The molecule has 0 radical (unpaired) electrons. The first kappa shape index (κ1) is 20.3. The van der Waals surface area contributed by atoms with Gasteiger partial charge in [0.1, 0.15) is 11.6 Å². The maximum Gasteiger partial charge on any atom is 0.317 e. The monoisotopic (exact) mass is 399 g/mol. The summed E-state index contributed by atoms with van der Waals surface area (Å²) >= 11 is 0. The van der Waals surface area contributed by atoms with Crippen molar-refractivity contribution in [1.29, 1.82) is 0 Å². The van der Waals surface area contributed by atoms with Crippen LogP contribution in [0.2, 0.25) is 0 Å². The predicted octanol–water partition coefficient (Wildman–Crippen LogP) is 2.35. The second kappa shape index (κ2) is 9.16. The number of nitrogens with one attached hydrogen (secondary N) is 1. The first-order valence-electron chi connectivity index (χ1n) is 9.39. The van der Waals surface area contributed by atoms with E-state index in [1.165, 1.54) is 24.3 Å². The van der Waals surface area contributed by atoms with Crippen molar-refractivity contribution in [2.45, 2.75) is 19.3 Å². The van der Waals surface area contributed by atoms with E-state index in [9.17, 15) is 22.8 Å². The fraction of sp³-hybridized carbons (Fsp3) is 0.579. The van der Waals surface area contributed by atoms with Gasteiger partial charge in [-0.2, -0.15) is 0 Å². The number of alkyl halides is 2. The van der Waals surface area contributed by atoms with Crippen molar-refractivity contribution in [3.8, 4) is 5.75 Å². The van der Waals surface area contributed by atoms with E-state index in [2.05, 4.69) is 5.32 Å². The van der Waals surface area contributed by atoms with Gasteiger partial charge in [-0.3, -0.25) is 4.79 Å². The zero-order valence-electron chi connectivity index (χ0n) is 15.5. The minimum absolute atomic E-state index is 0.120. The fourth-order valence-electron chi connectivity index (χ4n) is 3.43. The number of rotatable bonds is 6. The fourth-order valence-corrected chi connectivity index (χ4v) is 3.43. The van der Waals surface area contributed by atoms with Crippen LogP contribution in [0.4, 0.5) is 18.0 Å². The molecule has 1 aliphatic heterocycles. The number of nitrogens with zero attached hydrogens (tertiary/aromatic N) is 2. The maximum absolute atomic E-state index is 12.9. The van der Waals surface area contributed by atoms with Gasteiger partial charge in [-0.05, 0) is 43.0 Å². The average Bonchev–Trinajstić information content (AvgIpc) is 2.65. The molecule has 1 N–H and O–H groups in total. The van der Waals surface area contributed by atoms with Gasteiger partial charge in [-0.15, -0.1) is 0 Å². The summed E-state index contributed by atoms with van der Waals surface area (Å²) in [5, 5.41) is 2.79. The van der Waals surface area contributed by atoms with Crippen LogP contribution < -0.4 is 10.1 Å². The van der Waals surface area contributed by atoms with Crippen molar-refractivity contribution < 1.29 is 27.5 Å². The van der Waals surface area contributed by atoms with E-state index in [-0.39, 0.29) is 30.3 Å². The van der Waals surface area contributed by atoms with Crippen LogP contribution in [0.1, 0.15) is 12.8 Å². The lowest BCUT2D eigenvalue weighted by molar-refractivity contribution is -0.134. The van der Waals surface area contributed by atoms with E-state index in [0.29, 0.717) is 51.3 Å². The molecule has 1 saturated carbocycles. The highest BCUT2D eigenvalue weighted by molar-refractivity contribution is 5.79. The lowest BCUT2D eigenvalue weighted by atomic mass is 9.75. The molecule has 1 aromatic carbocycles. The molecule has 6 nitrogen and oxygen atoms in total. The SMILES string of the molecule is O=C(COc1ccc(F)cc1)N1CCN(C(=O)NCC2CC(C(F)F)C2)CC1. The third-order valence-corrected chi connectivity index (χ3v) is 5.27. The van der Waals surface area contributed by atoms with E-state index in [0.717, 1.165) is 0 Å². The summed E-state index contributed by atoms with van der Waals surface area (Å²) in [4.78, 5) is 27.6. The zero-order valence-corrected chi connectivity index (χ0v) is 15.5. The number of hydrogen-bond acceptors (Lipinski definition) is 3. The molecular weight excluding hydrogens is 375 g/mol. The standard InChI is InChI=1S/C19H24F3N3O3/c20-15-1-3-16(4-2-15)28-12-17(26)24-5-7-25(8-6-24)19(27)23-11-13-9-14(10-13)18(21)22/h1-4,13-14,18H,5-12H2,(H,23,27). The largest absolute Gasteiger partial charge is 0.484 e. The van der Waals surface area contributed by atoms with Gasteiger partial charge < -0.3 is 19.9 Å². The predicted molar refractivity (Wildman–Crippen MR) is 95.7 cm³/mol. The normalized spacial score (nSPS) is 22.0. The second-order valence-electron chi connectivity index (χ2n) is 7.23. The van der Waals surface area contributed by atoms with Gasteiger partial charge in [0.05, 0.1) is 0 Å². The molecule has 0 unspecified atom stereocenters. The molecule has 0 spiro atoms. The molecule has 2 fully saturated rings. The summed E-state index contributed by atoms with van der Waals surface area (Å²) in [6, 6.07) is 5.20. The number of ether oxygens (including phenoxy) is 1. The smallest absolute Gasteiger partial charge is 0.317 e. The summed E-state index contributed by atoms with van der Waals surface area (Å²) in [5.74, 6) is -0.572. The van der Waals surface area contributed by atoms with E-state index in [4.69, 9.17) is 4.74 Å². The summed E-state index contributed by atoms with van der Waals surface area (Å²) in [6.07, 6.45) is -1.37. The van der Waals surface area contributed by atoms with Crippen LogP contribution in [0.25, 0.3) is 0 Å². The van der Waals surface area contributed by atoms with Crippen LogP contribution >= 0.6 is 0 Å². The van der Waals surface area contributed by atoms with Crippen LogP contribution in [0, 0.1) is 17.7 Å². The van der Waals surface area contributed by atoms with Gasteiger partial charge in [-0.25, -0.2) is 18.0 Å². The molecule has 0 aromatic heterocycles. The third-order valence-electron chi connectivity index (χ3n) is 5.27. The van der Waals surface area contributed by atoms with Crippen molar-refractivity contribution in [1.82, 2.24) is 15.1 Å². The maximum atomic E-state index is 12.9. The Hall–Kier alpha value is -2.45. The number of carbonyl (C=O) groups is 2. The Morgan fingerprint density at radius 3 is 2.29 bits per heavy atom.